The smallest absolute Gasteiger partial charge is 0.327 e. The Kier molecular flexibility index (Phi) is 30.0. The Morgan fingerprint density at radius 2 is 1.35 bits per heavy atom. The van der Waals surface area contributed by atoms with Crippen molar-refractivity contribution >= 4 is 122 Å². The molecule has 35 nitrogen and oxygen atoms in total. The van der Waals surface area contributed by atoms with Gasteiger partial charge in [0.1, 0.15) is 60.4 Å². The molecule has 36 heteroatoms. The molecule has 0 spiro atoms. The molecular weight excluding hydrogens is 1380 g/mol. The zero-order valence-electron chi connectivity index (χ0n) is 57.9. The second-order valence-electron chi connectivity index (χ2n) is 25.8. The Hall–Kier alpha value is -11.7. The maximum absolute atomic E-state index is 15.2. The summed E-state index contributed by atoms with van der Waals surface area (Å²) in [6, 6.07) is 9.51. The zero-order valence-corrected chi connectivity index (χ0v) is 58.7. The van der Waals surface area contributed by atoms with E-state index in [0.717, 1.165) is 12.3 Å². The molecule has 560 valence electrons. The van der Waals surface area contributed by atoms with E-state index in [2.05, 4.69) is 78.5 Å². The molecule has 10 atom stereocenters. The highest BCUT2D eigenvalue weighted by atomic mass is 35.5. The molecule has 3 heterocycles. The molecule has 13 amide bonds. The number of H-pyrrole nitrogens is 1. The van der Waals surface area contributed by atoms with Crippen LogP contribution in [0.5, 0.6) is 0 Å². The number of hydrogen-bond donors (Lipinski definition) is 16. The van der Waals surface area contributed by atoms with E-state index in [1.807, 2.05) is 6.07 Å². The number of nitrogens with zero attached hydrogens (tertiary/aromatic N) is 5. The fraction of sp³-hybridized carbons (Fsp3) is 0.435. The van der Waals surface area contributed by atoms with Gasteiger partial charge in [-0.2, -0.15) is 0 Å². The van der Waals surface area contributed by atoms with Crippen molar-refractivity contribution in [1.82, 2.24) is 68.4 Å². The number of aliphatic carboxylic acids is 1. The molecule has 0 aliphatic carbocycles. The first-order valence-corrected chi connectivity index (χ1v) is 34.3. The number of likely N-dealkylation sites (tertiary alicyclic amines) is 1. The quantitative estimate of drug-likeness (QED) is 0.00770. The van der Waals surface area contributed by atoms with Crippen LogP contribution in [0.15, 0.2) is 107 Å². The number of carbonyl (C=O) groups is 14. The Bertz CT molecular complexity index is 4120. The van der Waals surface area contributed by atoms with Crippen LogP contribution in [-0.4, -0.2) is 197 Å². The number of azide groups is 1. The van der Waals surface area contributed by atoms with Crippen molar-refractivity contribution in [3.8, 4) is 0 Å². The van der Waals surface area contributed by atoms with Crippen molar-refractivity contribution in [2.75, 3.05) is 32.7 Å². The molecule has 5 aromatic rings. The average molecular weight is 1470 g/mol. The Morgan fingerprint density at radius 1 is 0.714 bits per heavy atom. The maximum Gasteiger partial charge on any atom is 0.327 e. The van der Waals surface area contributed by atoms with Crippen molar-refractivity contribution in [2.45, 2.75) is 152 Å². The van der Waals surface area contributed by atoms with Gasteiger partial charge in [0.2, 0.25) is 76.8 Å². The van der Waals surface area contributed by atoms with Gasteiger partial charge in [-0.05, 0) is 101 Å². The molecule has 105 heavy (non-hydrogen) atoms. The Balaban J connectivity index is 1.26. The molecule has 2 aliphatic rings. The van der Waals surface area contributed by atoms with Gasteiger partial charge in [0.25, 0.3) is 0 Å². The van der Waals surface area contributed by atoms with Crippen LogP contribution in [0.25, 0.3) is 32.1 Å². The molecule has 0 radical (unpaired) electrons. The van der Waals surface area contributed by atoms with Crippen molar-refractivity contribution in [2.24, 2.45) is 33.2 Å². The molecule has 2 fully saturated rings. The topological polar surface area (TPSA) is 550 Å². The van der Waals surface area contributed by atoms with Gasteiger partial charge in [0, 0.05) is 92.2 Å². The van der Waals surface area contributed by atoms with E-state index in [0.29, 0.717) is 44.4 Å². The van der Waals surface area contributed by atoms with Gasteiger partial charge >= 0.3 is 5.97 Å². The van der Waals surface area contributed by atoms with Crippen LogP contribution in [0.2, 0.25) is 5.02 Å². The van der Waals surface area contributed by atoms with Gasteiger partial charge in [-0.1, -0.05) is 98.2 Å². The summed E-state index contributed by atoms with van der Waals surface area (Å²) in [6.07, 6.45) is -0.935. The number of aromatic nitrogens is 1. The molecule has 0 bridgehead atoms. The number of fused-ring (bicyclic) bond motifs is 2. The number of halogens is 1. The first-order chi connectivity index (χ1) is 50.1. The fourth-order valence-electron chi connectivity index (χ4n) is 12.0. The van der Waals surface area contributed by atoms with E-state index >= 15 is 19.2 Å². The predicted octanol–water partition coefficient (Wildman–Crippen LogP) is -1.23. The number of aliphatic imine (C=N–C) groups is 1. The minimum absolute atomic E-state index is 0.000447. The third-order valence-electron chi connectivity index (χ3n) is 17.3. The summed E-state index contributed by atoms with van der Waals surface area (Å²) in [7, 11) is 0. The molecular formula is C69H87ClN20O15. The van der Waals surface area contributed by atoms with E-state index in [1.54, 1.807) is 92.8 Å². The molecule has 0 saturated carbocycles. The largest absolute Gasteiger partial charge is 0.480 e. The fourth-order valence-corrected chi connectivity index (χ4v) is 12.1. The lowest BCUT2D eigenvalue weighted by atomic mass is 9.98. The van der Waals surface area contributed by atoms with Gasteiger partial charge in [0.05, 0.1) is 6.54 Å². The molecule has 0 unspecified atom stereocenters. The number of nitrogens with two attached hydrogens (primary N) is 3. The van der Waals surface area contributed by atoms with E-state index in [-0.39, 0.29) is 76.3 Å². The lowest BCUT2D eigenvalue weighted by molar-refractivity contribution is -0.145. The van der Waals surface area contributed by atoms with Crippen LogP contribution in [0.3, 0.4) is 0 Å². The Morgan fingerprint density at radius 3 is 2.04 bits per heavy atom. The molecule has 2 aliphatic heterocycles. The summed E-state index contributed by atoms with van der Waals surface area (Å²) < 4.78 is 0. The van der Waals surface area contributed by atoms with E-state index in [9.17, 15) is 58.6 Å². The molecule has 7 rings (SSSR count). The summed E-state index contributed by atoms with van der Waals surface area (Å²) >= 11 is 6.20. The highest BCUT2D eigenvalue weighted by molar-refractivity contribution is 6.30. The normalized spacial score (nSPS) is 19.7. The number of benzene rings is 4. The minimum atomic E-state index is -2.08. The van der Waals surface area contributed by atoms with Crippen LogP contribution in [-0.2, 0) is 86.4 Å². The van der Waals surface area contributed by atoms with Gasteiger partial charge < -0.3 is 90.7 Å². The predicted molar refractivity (Wildman–Crippen MR) is 383 cm³/mol. The summed E-state index contributed by atoms with van der Waals surface area (Å²) in [4.78, 5) is 208. The van der Waals surface area contributed by atoms with Gasteiger partial charge in [-0.15, -0.1) is 0 Å². The number of amides is 13. The number of hydrogen-bond acceptors (Lipinski definition) is 16. The lowest BCUT2D eigenvalue weighted by Crippen LogP contribution is -2.62. The summed E-state index contributed by atoms with van der Waals surface area (Å²) in [5.74, 6) is -14.8. The first kappa shape index (κ1) is 80.6. The standard InChI is InChI=1S/C69H87ClN20O15/c1-36(2)26-48(60(96)80-47(14-8-24-75-69(72)73)67(103)90-25-9-15-55(90)66(102)86-53(32-71)68(104)105)81-62(98)50(29-39-16-19-40-10-4-5-11-41(40)27-39)83-65(101)54-34-77-58(94)35-78-56(92)23-22-46(79-37(3)91)59(95)82-49(28-38-17-20-43(70)21-18-38)61(97)84-51(30-42-33-76-45-13-7-6-12-44(42)45)63(99)85-52(64(100)87-54)31-57(93)88-89-74/h4-7,10-13,16-21,27,33,36,46-55,76H,8-9,14-15,22-26,28-32,34-35,71H2,1-3H3,(H,77,94)(H,78,92)(H,79,91)(H,80,96)(H,81,98)(H,82,95)(H,83,101)(H,84,97)(H,85,99)(H,86,102)(H,87,100)(H,104,105)(H4,72,73,75)/t46-,47-,48-,49+,50+,51+,52-,53-,54-,55-/m0/s1. The Labute approximate surface area is 607 Å². The molecule has 1 aromatic heterocycles. The molecule has 2 saturated heterocycles. The van der Waals surface area contributed by atoms with Crippen molar-refractivity contribution in [1.29, 1.82) is 0 Å². The number of carbonyl (C=O) groups excluding carboxylic acids is 13. The van der Waals surface area contributed by atoms with E-state index in [4.69, 9.17) is 28.8 Å². The SMILES string of the molecule is CC(=O)N[C@H]1CCC(=O)NCC(=O)NC[C@@H](C(=O)N[C@H](Cc2ccc3ccccc3c2)C(=O)N[C@@H](CC(C)C)C(=O)N[C@@H](CCCN=C(N)N)C(=O)N2CCC[C@H]2C(=O)N[C@@H](CN)C(=O)O)NC(=O)[C@H](CC(=O)N=[N+]=[N-])NC(=O)[C@@H](Cc2c[nH]c3ccccc23)NC(=O)[C@@H](Cc2ccc(Cl)cc2)NC1=O. The third kappa shape index (κ3) is 24.5. The highest BCUT2D eigenvalue weighted by Crippen LogP contribution is 2.24. The molecule has 19 N–H and O–H groups in total. The van der Waals surface area contributed by atoms with Crippen LogP contribution >= 0.6 is 11.6 Å². The zero-order chi connectivity index (χ0) is 76.4. The number of rotatable bonds is 26. The van der Waals surface area contributed by atoms with Crippen molar-refractivity contribution in [3.05, 3.63) is 129 Å². The van der Waals surface area contributed by atoms with Gasteiger partial charge in [-0.25, -0.2) is 4.79 Å². The minimum Gasteiger partial charge on any atom is -0.480 e. The van der Waals surface area contributed by atoms with Gasteiger partial charge in [0.15, 0.2) is 5.96 Å². The lowest BCUT2D eigenvalue weighted by Gasteiger charge is -2.31. The number of guanidine groups is 1. The number of carboxylic acid groups (broad SMARTS) is 1. The summed E-state index contributed by atoms with van der Waals surface area (Å²) in [6.45, 7) is 2.53. The van der Waals surface area contributed by atoms with Crippen LogP contribution in [0.1, 0.15) is 88.8 Å². The number of carboxylic acids is 1. The second kappa shape index (κ2) is 39.1. The maximum atomic E-state index is 15.2. The number of aromatic amines is 1. The van der Waals surface area contributed by atoms with Crippen LogP contribution < -0.4 is 75.7 Å². The van der Waals surface area contributed by atoms with E-state index < -0.39 is 176 Å². The monoisotopic (exact) mass is 1470 g/mol. The second-order valence-corrected chi connectivity index (χ2v) is 26.2. The molecule has 4 aromatic carbocycles. The number of nitrogens with one attached hydrogen (secondary N) is 12. The summed E-state index contributed by atoms with van der Waals surface area (Å²) in [5, 5.41) is 43.1. The van der Waals surface area contributed by atoms with Crippen LogP contribution in [0.4, 0.5) is 0 Å². The average Bonchev–Trinajstić information content (AvgIpc) is 1.78. The third-order valence-corrected chi connectivity index (χ3v) is 17.5. The van der Waals surface area contributed by atoms with Crippen LogP contribution in [0, 0.1) is 5.92 Å². The first-order valence-electron chi connectivity index (χ1n) is 34.0. The van der Waals surface area contributed by atoms with Crippen molar-refractivity contribution < 1.29 is 72.2 Å². The highest BCUT2D eigenvalue weighted by Gasteiger charge is 2.41. The van der Waals surface area contributed by atoms with Gasteiger partial charge in [-0.3, -0.25) is 67.3 Å². The number of para-hydroxylation sites is 1. The van der Waals surface area contributed by atoms with Crippen molar-refractivity contribution in [3.63, 3.8) is 0 Å². The summed E-state index contributed by atoms with van der Waals surface area (Å²) in [5.41, 5.74) is 28.1. The van der Waals surface area contributed by atoms with E-state index in [1.165, 1.54) is 17.0 Å².